The molecule has 0 aliphatic carbocycles. The highest BCUT2D eigenvalue weighted by Gasteiger charge is 2.13. The zero-order valence-corrected chi connectivity index (χ0v) is 16.3. The van der Waals surface area contributed by atoms with Crippen LogP contribution in [0.5, 0.6) is 11.5 Å². The molecule has 2 aromatic carbocycles. The highest BCUT2D eigenvalue weighted by molar-refractivity contribution is 7.98. The summed E-state index contributed by atoms with van der Waals surface area (Å²) in [7, 11) is 1.53. The fourth-order valence-corrected chi connectivity index (χ4v) is 3.51. The van der Waals surface area contributed by atoms with Gasteiger partial charge in [-0.3, -0.25) is 0 Å². The minimum absolute atomic E-state index is 0.0364. The van der Waals surface area contributed by atoms with Gasteiger partial charge in [-0.1, -0.05) is 11.8 Å². The highest BCUT2D eigenvalue weighted by Crippen LogP contribution is 2.30. The van der Waals surface area contributed by atoms with Crippen LogP contribution in [0.4, 0.5) is 8.78 Å². The van der Waals surface area contributed by atoms with Crippen molar-refractivity contribution in [3.05, 3.63) is 64.5 Å². The minimum Gasteiger partial charge on any atom is -0.497 e. The number of hydrogen-bond donors (Lipinski definition) is 0. The van der Waals surface area contributed by atoms with Crippen LogP contribution in [0.25, 0.3) is 22.4 Å². The van der Waals surface area contributed by atoms with Gasteiger partial charge in [0.1, 0.15) is 17.1 Å². The molecule has 0 saturated carbocycles. The van der Waals surface area contributed by atoms with E-state index in [4.69, 9.17) is 13.6 Å². The van der Waals surface area contributed by atoms with Crippen molar-refractivity contribution in [2.24, 2.45) is 0 Å². The fourth-order valence-electron chi connectivity index (χ4n) is 2.76. The first kappa shape index (κ1) is 19.9. The highest BCUT2D eigenvalue weighted by atomic mass is 32.2. The first-order chi connectivity index (χ1) is 14.5. The quantitative estimate of drug-likeness (QED) is 0.306. The van der Waals surface area contributed by atoms with Gasteiger partial charge in [-0.05, 0) is 42.0 Å². The summed E-state index contributed by atoms with van der Waals surface area (Å²) in [6, 6.07) is 12.5. The standard InChI is InChI=1S/C20H14F2N2O5S/c1-26-14-6-7-15-12(8-17(25)28-16(15)9-14)10-30-20-24-23-18(29-20)11-2-4-13(5-3-11)27-19(21)22/h2-9,19H,10H2,1H3. The van der Waals surface area contributed by atoms with Crippen molar-refractivity contribution in [1.29, 1.82) is 0 Å². The Morgan fingerprint density at radius 1 is 1.03 bits per heavy atom. The van der Waals surface area contributed by atoms with Gasteiger partial charge in [0.05, 0.1) is 7.11 Å². The molecule has 0 N–H and O–H groups in total. The summed E-state index contributed by atoms with van der Waals surface area (Å²) in [5.41, 5.74) is 1.27. The van der Waals surface area contributed by atoms with Crippen LogP contribution in [-0.4, -0.2) is 23.9 Å². The van der Waals surface area contributed by atoms with Gasteiger partial charge in [-0.15, -0.1) is 10.2 Å². The summed E-state index contributed by atoms with van der Waals surface area (Å²) in [5, 5.41) is 9.02. The minimum atomic E-state index is -2.89. The number of nitrogens with zero attached hydrogens (tertiary/aromatic N) is 2. The van der Waals surface area contributed by atoms with E-state index in [1.165, 1.54) is 37.1 Å². The van der Waals surface area contributed by atoms with Crippen molar-refractivity contribution < 1.29 is 27.1 Å². The molecule has 0 aliphatic rings. The van der Waals surface area contributed by atoms with Gasteiger partial charge >= 0.3 is 12.2 Å². The second kappa shape index (κ2) is 8.54. The van der Waals surface area contributed by atoms with Crippen LogP contribution in [0.1, 0.15) is 5.56 Å². The first-order valence-corrected chi connectivity index (χ1v) is 9.63. The largest absolute Gasteiger partial charge is 0.497 e. The Morgan fingerprint density at radius 2 is 1.80 bits per heavy atom. The van der Waals surface area contributed by atoms with E-state index in [0.29, 0.717) is 27.9 Å². The molecular formula is C20H14F2N2O5S. The van der Waals surface area contributed by atoms with E-state index in [2.05, 4.69) is 14.9 Å². The third-order valence-corrected chi connectivity index (χ3v) is 4.99. The monoisotopic (exact) mass is 432 g/mol. The summed E-state index contributed by atoms with van der Waals surface area (Å²) in [5.74, 6) is 1.26. The van der Waals surface area contributed by atoms with E-state index in [9.17, 15) is 13.6 Å². The maximum atomic E-state index is 12.2. The third kappa shape index (κ3) is 4.43. The summed E-state index contributed by atoms with van der Waals surface area (Å²) in [4.78, 5) is 11.9. The molecule has 0 atom stereocenters. The van der Waals surface area contributed by atoms with Crippen molar-refractivity contribution in [3.8, 4) is 23.0 Å². The molecule has 154 valence electrons. The average molecular weight is 432 g/mol. The van der Waals surface area contributed by atoms with Crippen LogP contribution in [0.3, 0.4) is 0 Å². The van der Waals surface area contributed by atoms with Crippen LogP contribution in [0.2, 0.25) is 0 Å². The second-order valence-corrected chi connectivity index (χ2v) is 6.94. The zero-order chi connectivity index (χ0) is 21.1. The molecule has 2 heterocycles. The van der Waals surface area contributed by atoms with Gasteiger partial charge in [-0.2, -0.15) is 8.78 Å². The number of thioether (sulfide) groups is 1. The number of aromatic nitrogens is 2. The fraction of sp³-hybridized carbons (Fsp3) is 0.150. The van der Waals surface area contributed by atoms with E-state index in [1.54, 1.807) is 24.3 Å². The van der Waals surface area contributed by atoms with E-state index >= 15 is 0 Å². The molecule has 0 radical (unpaired) electrons. The molecule has 0 saturated heterocycles. The molecule has 0 fully saturated rings. The van der Waals surface area contributed by atoms with Crippen molar-refractivity contribution >= 4 is 22.7 Å². The summed E-state index contributed by atoms with van der Waals surface area (Å²) < 4.78 is 44.8. The zero-order valence-electron chi connectivity index (χ0n) is 15.5. The van der Waals surface area contributed by atoms with Gasteiger partial charge in [0.2, 0.25) is 5.89 Å². The van der Waals surface area contributed by atoms with Crippen molar-refractivity contribution in [2.45, 2.75) is 17.6 Å². The van der Waals surface area contributed by atoms with E-state index < -0.39 is 12.2 Å². The number of ether oxygens (including phenoxy) is 2. The van der Waals surface area contributed by atoms with Crippen LogP contribution in [-0.2, 0) is 5.75 Å². The molecule has 0 bridgehead atoms. The number of methoxy groups -OCH3 is 1. The Labute approximate surface area is 172 Å². The van der Waals surface area contributed by atoms with Crippen molar-refractivity contribution in [2.75, 3.05) is 7.11 Å². The summed E-state index contributed by atoms with van der Waals surface area (Å²) in [6.07, 6.45) is 0. The van der Waals surface area contributed by atoms with Crippen molar-refractivity contribution in [1.82, 2.24) is 10.2 Å². The number of rotatable bonds is 7. The molecule has 2 aromatic heterocycles. The number of halogens is 2. The molecule has 0 aliphatic heterocycles. The third-order valence-electron chi connectivity index (χ3n) is 4.12. The lowest BCUT2D eigenvalue weighted by molar-refractivity contribution is -0.0498. The Balaban J connectivity index is 1.50. The maximum absolute atomic E-state index is 12.2. The Morgan fingerprint density at radius 3 is 2.53 bits per heavy atom. The molecule has 30 heavy (non-hydrogen) atoms. The Kier molecular flexibility index (Phi) is 5.66. The molecule has 4 aromatic rings. The lowest BCUT2D eigenvalue weighted by atomic mass is 10.1. The molecule has 7 nitrogen and oxygen atoms in total. The number of benzene rings is 2. The Bertz CT molecular complexity index is 1220. The van der Waals surface area contributed by atoms with Gasteiger partial charge < -0.3 is 18.3 Å². The normalized spacial score (nSPS) is 11.2. The Hall–Kier alpha value is -3.40. The second-order valence-electron chi connectivity index (χ2n) is 6.02. The van der Waals surface area contributed by atoms with Crippen molar-refractivity contribution in [3.63, 3.8) is 0 Å². The van der Waals surface area contributed by atoms with Crippen LogP contribution < -0.4 is 15.1 Å². The molecular weight excluding hydrogens is 418 g/mol. The van der Waals surface area contributed by atoms with Gasteiger partial charge in [-0.25, -0.2) is 4.79 Å². The molecule has 10 heteroatoms. The number of fused-ring (bicyclic) bond motifs is 1. The molecule has 0 amide bonds. The smallest absolute Gasteiger partial charge is 0.387 e. The predicted molar refractivity (Wildman–Crippen MR) is 105 cm³/mol. The summed E-state index contributed by atoms with van der Waals surface area (Å²) >= 11 is 1.26. The average Bonchev–Trinajstić information content (AvgIpc) is 3.20. The van der Waals surface area contributed by atoms with E-state index in [1.807, 2.05) is 6.07 Å². The molecule has 0 spiro atoms. The van der Waals surface area contributed by atoms with Gasteiger partial charge in [0.15, 0.2) is 0 Å². The lowest BCUT2D eigenvalue weighted by Crippen LogP contribution is -2.01. The lowest BCUT2D eigenvalue weighted by Gasteiger charge is -2.05. The number of hydrogen-bond acceptors (Lipinski definition) is 8. The van der Waals surface area contributed by atoms with E-state index in [-0.39, 0.29) is 11.6 Å². The molecule has 0 unspecified atom stereocenters. The summed E-state index contributed by atoms with van der Waals surface area (Å²) in [6.45, 7) is -2.89. The van der Waals surface area contributed by atoms with Crippen LogP contribution in [0.15, 0.2) is 67.4 Å². The molecule has 4 rings (SSSR count). The number of alkyl halides is 2. The maximum Gasteiger partial charge on any atom is 0.387 e. The van der Waals surface area contributed by atoms with Gasteiger partial charge in [0, 0.05) is 28.8 Å². The van der Waals surface area contributed by atoms with E-state index in [0.717, 1.165) is 10.9 Å². The SMILES string of the molecule is COc1ccc2c(CSc3nnc(-c4ccc(OC(F)F)cc4)o3)cc(=O)oc2c1. The van der Waals surface area contributed by atoms with Gasteiger partial charge in [0.25, 0.3) is 5.22 Å². The van der Waals surface area contributed by atoms with Crippen LogP contribution in [0, 0.1) is 0 Å². The van der Waals surface area contributed by atoms with Crippen LogP contribution >= 0.6 is 11.8 Å². The first-order valence-electron chi connectivity index (χ1n) is 8.64. The predicted octanol–water partition coefficient (Wildman–Crippen LogP) is 4.75. The topological polar surface area (TPSA) is 87.6 Å².